The molecule has 4 aliphatic heterocycles. The van der Waals surface area contributed by atoms with Gasteiger partial charge in [-0.3, -0.25) is 38.4 Å². The summed E-state index contributed by atoms with van der Waals surface area (Å²) in [6, 6.07) is 13.8. The van der Waals surface area contributed by atoms with E-state index >= 15 is 0 Å². The molecule has 2 aromatic carbocycles. The molecule has 6 aromatic rings. The molecule has 4 aromatic heterocycles. The lowest BCUT2D eigenvalue weighted by Gasteiger charge is -2.32. The number of benzene rings is 2. The number of aromatic nitrogens is 4. The van der Waals surface area contributed by atoms with Crippen molar-refractivity contribution < 1.29 is 124 Å². The molecule has 10 rings (SSSR count). The molecule has 0 aliphatic carbocycles. The highest BCUT2D eigenvalue weighted by Gasteiger charge is 2.41. The van der Waals surface area contributed by atoms with E-state index in [1.807, 2.05) is 20.8 Å². The van der Waals surface area contributed by atoms with Crippen molar-refractivity contribution in [3.8, 4) is 0 Å². The monoisotopic (exact) mass is 1850 g/mol. The maximum atomic E-state index is 13.7. The van der Waals surface area contributed by atoms with Gasteiger partial charge in [-0.15, -0.1) is 0 Å². The number of carboxylic acid groups (broad SMARTS) is 2. The highest BCUT2D eigenvalue weighted by molar-refractivity contribution is 6.44. The summed E-state index contributed by atoms with van der Waals surface area (Å²) < 4.78 is 63.2. The van der Waals surface area contributed by atoms with Crippen LogP contribution in [-0.2, 0) is 100.0 Å². The number of hydrogen-bond donors (Lipinski definition) is 8. The molecule has 8 amide bonds. The Morgan fingerprint density at radius 1 is 0.364 bits per heavy atom. The van der Waals surface area contributed by atoms with Gasteiger partial charge in [-0.05, 0) is 252 Å². The summed E-state index contributed by atoms with van der Waals surface area (Å²) in [6.07, 6.45) is -2.18. The lowest BCUT2D eigenvalue weighted by Crippen LogP contribution is -2.45. The minimum Gasteiger partial charge on any atom is -0.478 e. The molecule has 40 heteroatoms. The van der Waals surface area contributed by atoms with E-state index < -0.39 is 140 Å². The number of aliphatic carboxylic acids is 1. The van der Waals surface area contributed by atoms with Gasteiger partial charge in [0.05, 0.1) is 108 Å². The number of aromatic carboxylic acids is 1. The number of anilines is 2. The van der Waals surface area contributed by atoms with Crippen molar-refractivity contribution in [1.29, 1.82) is 0 Å². The van der Waals surface area contributed by atoms with E-state index in [4.69, 9.17) is 40.3 Å². The topological polar surface area (TPSA) is 502 Å². The molecule has 0 saturated heterocycles. The van der Waals surface area contributed by atoms with Crippen LogP contribution in [0.15, 0.2) is 60.7 Å². The van der Waals surface area contributed by atoms with E-state index in [2.05, 4.69) is 26.0 Å². The van der Waals surface area contributed by atoms with Crippen molar-refractivity contribution in [3.63, 3.8) is 0 Å². The molecule has 0 fully saturated rings. The smallest absolute Gasteiger partial charge is 0.410 e. The van der Waals surface area contributed by atoms with Crippen LogP contribution in [0.4, 0.5) is 39.3 Å². The van der Waals surface area contributed by atoms with Gasteiger partial charge in [0.25, 0.3) is 46.8 Å². The first kappa shape index (κ1) is 109. The van der Waals surface area contributed by atoms with Crippen molar-refractivity contribution in [1.82, 2.24) is 53.8 Å². The van der Waals surface area contributed by atoms with E-state index in [0.29, 0.717) is 39.6 Å². The standard InChI is InChI=1S/C26H33FN4O5.C20H29N3O6.C19H27N3O6.C16H20N2O7.C7H8FN.C4H11N/c1-15-12-16(8-9-18(15)27)28-22(33)17-13-19(21(32)23(34)29-25(2,3)4)31-11-10-30(14-20(17)31)24(35)36-26(5,6)7;1-19(2,3)21-16(25)15(24)13-10-12(17(26)28-7)14-11-22(8-9-23(13)14)18(27)29-20(4,5)6;1-18(2,3)20-15(24)14(23)12-9-11(16(25)26)13-10-21(7-8-22(12)13)17(27)28-19(4,5)6;1-16(2,3)25-15(23)17-5-6-18-10(12(19)13(20)21)7-9(11(18)8-17)14(22)24-4;1-5-4-6(9)2-3-7(5)8;1-4(2,3)5/h8-9,12-13H,10-11,14H2,1-7H3,(H,28,33)(H,29,34);10H,8-9,11H2,1-7H3,(H,21,25);9H,7-8,10H2,1-6H3,(H,20,24)(H,25,26);7H,5-6,8H2,1-4H3,(H,20,21);2-4H,9H2,1H3;5H2,1-3H3. The average Bonchev–Trinajstić information content (AvgIpc) is 1.63. The fourth-order valence-electron chi connectivity index (χ4n) is 12.9. The molecule has 0 bridgehead atoms. The zero-order valence-corrected chi connectivity index (χ0v) is 80.6. The number of fused-ring (bicyclic) bond motifs is 4. The van der Waals surface area contributed by atoms with Crippen LogP contribution in [0.25, 0.3) is 0 Å². The number of esters is 2. The SMILES string of the molecule is CC(C)(C)N.CC(C)(C)NC(=O)C(=O)c1cc(C(=O)O)c2n1CCN(C(=O)OC(C)(C)C)C2.COC(=O)c1cc(C(=O)C(=O)NC(C)(C)C)n2c1CN(C(=O)OC(C)(C)C)CC2.COC(=O)c1cc(C(=O)C(=O)O)n2c1CN(C(=O)OC(C)(C)C)CC2.Cc1cc(N)ccc1F.Cc1cc(NC(=O)c2cc(C(=O)C(=O)NC(C)(C)C)n3c2CN(C(=O)OC(C)(C)C)CC3)ccc1F. The molecule has 8 heterocycles. The third-order valence-electron chi connectivity index (χ3n) is 18.3. The van der Waals surface area contributed by atoms with Gasteiger partial charge in [0.15, 0.2) is 0 Å². The number of ketones is 4. The summed E-state index contributed by atoms with van der Waals surface area (Å²) in [6.45, 7) is 47.8. The Morgan fingerprint density at radius 3 is 0.871 bits per heavy atom. The Hall–Kier alpha value is -13.3. The third-order valence-corrected chi connectivity index (χ3v) is 18.3. The first-order valence-corrected chi connectivity index (χ1v) is 42.2. The number of ether oxygens (including phenoxy) is 6. The average molecular weight is 1850 g/mol. The second kappa shape index (κ2) is 43.2. The molecular formula is C92H128F2N14O24. The molecule has 0 spiro atoms. The van der Waals surface area contributed by atoms with Crippen molar-refractivity contribution >= 4 is 106 Å². The number of carbonyl (C=O) groups is 16. The first-order chi connectivity index (χ1) is 60.2. The Labute approximate surface area is 766 Å². The number of nitrogens with two attached hydrogens (primary N) is 2. The van der Waals surface area contributed by atoms with Crippen LogP contribution in [0.2, 0.25) is 0 Å². The highest BCUT2D eigenvalue weighted by Crippen LogP contribution is 2.32. The lowest BCUT2D eigenvalue weighted by atomic mass is 10.1. The lowest BCUT2D eigenvalue weighted by molar-refractivity contribution is -0.132. The molecule has 0 atom stereocenters. The number of carboxylic acids is 2. The summed E-state index contributed by atoms with van der Waals surface area (Å²) in [7, 11) is 2.41. The van der Waals surface area contributed by atoms with Crippen molar-refractivity contribution in [3.05, 3.63) is 151 Å². The number of nitrogens with one attached hydrogen (secondary N) is 4. The number of methoxy groups -OCH3 is 2. The van der Waals surface area contributed by atoms with Gasteiger partial charge in [0.2, 0.25) is 0 Å². The zero-order valence-electron chi connectivity index (χ0n) is 80.6. The van der Waals surface area contributed by atoms with Crippen LogP contribution < -0.4 is 32.7 Å². The third kappa shape index (κ3) is 32.4. The molecule has 4 aliphatic rings. The summed E-state index contributed by atoms with van der Waals surface area (Å²) in [5, 5.41) is 29.0. The Kier molecular flexibility index (Phi) is 35.7. The summed E-state index contributed by atoms with van der Waals surface area (Å²) in [5.74, 6) is -11.2. The number of carbonyl (C=O) groups excluding carboxylic acids is 14. The van der Waals surface area contributed by atoms with Crippen LogP contribution in [0.1, 0.15) is 283 Å². The second-order valence-electron chi connectivity index (χ2n) is 39.6. The molecule has 724 valence electrons. The predicted octanol–water partition coefficient (Wildman–Crippen LogP) is 11.9. The molecule has 38 nitrogen and oxygen atoms in total. The summed E-state index contributed by atoms with van der Waals surface area (Å²) in [5.41, 5.74) is 9.82. The zero-order chi connectivity index (χ0) is 101. The number of rotatable bonds is 13. The minimum absolute atomic E-state index is 0. The number of Topliss-reactive ketones (excluding diaryl/α,β-unsaturated/α-hetero) is 4. The van der Waals surface area contributed by atoms with Crippen molar-refractivity contribution in [2.45, 2.75) is 277 Å². The second-order valence-corrected chi connectivity index (χ2v) is 39.6. The van der Waals surface area contributed by atoms with Crippen LogP contribution in [0.5, 0.6) is 0 Å². The number of amides is 8. The predicted molar refractivity (Wildman–Crippen MR) is 481 cm³/mol. The molecule has 132 heavy (non-hydrogen) atoms. The highest BCUT2D eigenvalue weighted by atomic mass is 19.1. The van der Waals surface area contributed by atoms with Gasteiger partial charge in [0.1, 0.15) is 34.0 Å². The number of nitrogens with zero attached hydrogens (tertiary/aromatic N) is 8. The Balaban J connectivity index is 0.000000298. The molecule has 0 unspecified atom stereocenters. The van der Waals surface area contributed by atoms with E-state index in [1.165, 1.54) is 91.5 Å². The minimum atomic E-state index is -1.62. The van der Waals surface area contributed by atoms with Gasteiger partial charge in [-0.25, -0.2) is 47.1 Å². The molecule has 10 N–H and O–H groups in total. The maximum Gasteiger partial charge on any atom is 0.410 e. The van der Waals surface area contributed by atoms with E-state index in [1.54, 1.807) is 181 Å². The van der Waals surface area contributed by atoms with Gasteiger partial charge < -0.3 is 109 Å². The van der Waals surface area contributed by atoms with E-state index in [-0.39, 0.29) is 141 Å². The summed E-state index contributed by atoms with van der Waals surface area (Å²) >= 11 is 0. The number of aryl methyl sites for hydroxylation is 2. The van der Waals surface area contributed by atoms with Gasteiger partial charge in [0, 0.05) is 85.9 Å². The molecule has 0 radical (unpaired) electrons. The van der Waals surface area contributed by atoms with Crippen molar-refractivity contribution in [2.24, 2.45) is 5.73 Å². The van der Waals surface area contributed by atoms with Crippen LogP contribution in [0, 0.1) is 25.5 Å². The van der Waals surface area contributed by atoms with Crippen LogP contribution in [-0.4, -0.2) is 228 Å². The van der Waals surface area contributed by atoms with Crippen LogP contribution >= 0.6 is 0 Å². The fourth-order valence-corrected chi connectivity index (χ4v) is 12.9. The maximum absolute atomic E-state index is 13.7. The van der Waals surface area contributed by atoms with E-state index in [9.17, 15) is 90.6 Å². The summed E-state index contributed by atoms with van der Waals surface area (Å²) in [4.78, 5) is 203. The fraction of sp³-hybridized carbons (Fsp3) is 0.522. The Bertz CT molecular complexity index is 5390. The van der Waals surface area contributed by atoms with Crippen molar-refractivity contribution in [2.75, 3.05) is 51.4 Å². The van der Waals surface area contributed by atoms with Gasteiger partial charge >= 0.3 is 48.3 Å². The van der Waals surface area contributed by atoms with Gasteiger partial charge in [-0.1, -0.05) is 0 Å². The molecule has 0 saturated carbocycles. The first-order valence-electron chi connectivity index (χ1n) is 42.2. The number of nitrogen functional groups attached to an aromatic ring is 1. The Morgan fingerprint density at radius 2 is 0.621 bits per heavy atom. The normalized spacial score (nSPS) is 13.6. The van der Waals surface area contributed by atoms with Crippen LogP contribution in [0.3, 0.4) is 0 Å². The largest absolute Gasteiger partial charge is 0.478 e. The molecular weight excluding hydrogens is 1720 g/mol. The number of hydrogen-bond acceptors (Lipinski definition) is 24. The van der Waals surface area contributed by atoms with E-state index in [0.717, 1.165) is 0 Å². The van der Waals surface area contributed by atoms with Gasteiger partial charge in [-0.2, -0.15) is 0 Å². The quantitative estimate of drug-likeness (QED) is 0.0175. The number of halogens is 2.